The number of nitrogens with one attached hydrogen (secondary N) is 1. The SMILES string of the molecule is COc1ccc(NC(=O)c2cccc(C=O)c2O)cc1. The first-order valence-electron chi connectivity index (χ1n) is 5.88. The number of benzene rings is 2. The van der Waals surface area contributed by atoms with Crippen LogP contribution in [0.15, 0.2) is 42.5 Å². The topological polar surface area (TPSA) is 75.6 Å². The summed E-state index contributed by atoms with van der Waals surface area (Å²) in [5.74, 6) is -0.140. The van der Waals surface area contributed by atoms with Gasteiger partial charge in [-0.25, -0.2) is 0 Å². The number of phenols is 1. The van der Waals surface area contributed by atoms with Crippen molar-refractivity contribution in [1.29, 1.82) is 0 Å². The zero-order valence-corrected chi connectivity index (χ0v) is 10.8. The van der Waals surface area contributed by atoms with Crippen molar-refractivity contribution < 1.29 is 19.4 Å². The first-order chi connectivity index (χ1) is 9.65. The molecule has 0 saturated carbocycles. The zero-order valence-electron chi connectivity index (χ0n) is 10.8. The fourth-order valence-corrected chi connectivity index (χ4v) is 1.71. The molecule has 0 radical (unpaired) electrons. The Labute approximate surface area is 115 Å². The lowest BCUT2D eigenvalue weighted by molar-refractivity contribution is 0.102. The van der Waals surface area contributed by atoms with E-state index >= 15 is 0 Å². The Balaban J connectivity index is 2.21. The highest BCUT2D eigenvalue weighted by atomic mass is 16.5. The molecule has 2 N–H and O–H groups in total. The Morgan fingerprint density at radius 3 is 2.50 bits per heavy atom. The van der Waals surface area contributed by atoms with Crippen molar-refractivity contribution >= 4 is 17.9 Å². The highest BCUT2D eigenvalue weighted by molar-refractivity contribution is 6.07. The first-order valence-corrected chi connectivity index (χ1v) is 5.88. The van der Waals surface area contributed by atoms with Crippen LogP contribution in [0.5, 0.6) is 11.5 Å². The van der Waals surface area contributed by atoms with Gasteiger partial charge in [-0.2, -0.15) is 0 Å². The minimum absolute atomic E-state index is 0.0467. The van der Waals surface area contributed by atoms with E-state index in [0.717, 1.165) is 0 Å². The van der Waals surface area contributed by atoms with E-state index in [0.29, 0.717) is 17.7 Å². The van der Waals surface area contributed by atoms with Crippen LogP contribution in [0, 0.1) is 0 Å². The van der Waals surface area contributed by atoms with Crippen LogP contribution in [0.1, 0.15) is 20.7 Å². The molecule has 0 heterocycles. The molecule has 0 saturated heterocycles. The molecule has 0 aliphatic rings. The Morgan fingerprint density at radius 1 is 1.20 bits per heavy atom. The normalized spacial score (nSPS) is 9.85. The summed E-state index contributed by atoms with van der Waals surface area (Å²) in [6.07, 6.45) is 0.499. The third-order valence-electron chi connectivity index (χ3n) is 2.79. The molecule has 2 aromatic rings. The minimum atomic E-state index is -0.489. The molecule has 0 aromatic heterocycles. The largest absolute Gasteiger partial charge is 0.506 e. The average molecular weight is 271 g/mol. The molecule has 0 aliphatic carbocycles. The van der Waals surface area contributed by atoms with Gasteiger partial charge in [-0.15, -0.1) is 0 Å². The van der Waals surface area contributed by atoms with Crippen LogP contribution in [0.4, 0.5) is 5.69 Å². The van der Waals surface area contributed by atoms with Crippen molar-refractivity contribution in [2.45, 2.75) is 0 Å². The Morgan fingerprint density at radius 2 is 1.90 bits per heavy atom. The number of ether oxygens (including phenoxy) is 1. The number of hydrogen-bond donors (Lipinski definition) is 2. The number of para-hydroxylation sites is 1. The summed E-state index contributed by atoms with van der Waals surface area (Å²) >= 11 is 0. The smallest absolute Gasteiger partial charge is 0.259 e. The molecule has 102 valence electrons. The molecule has 20 heavy (non-hydrogen) atoms. The molecule has 1 amide bonds. The van der Waals surface area contributed by atoms with Crippen molar-refractivity contribution in [2.75, 3.05) is 12.4 Å². The van der Waals surface area contributed by atoms with Crippen LogP contribution >= 0.6 is 0 Å². The van der Waals surface area contributed by atoms with Crippen LogP contribution in [-0.2, 0) is 0 Å². The summed E-state index contributed by atoms with van der Waals surface area (Å²) in [6.45, 7) is 0. The second-order valence-corrected chi connectivity index (χ2v) is 4.04. The van der Waals surface area contributed by atoms with Gasteiger partial charge < -0.3 is 15.2 Å². The van der Waals surface area contributed by atoms with Crippen molar-refractivity contribution in [2.24, 2.45) is 0 Å². The number of anilines is 1. The molecular weight excluding hydrogens is 258 g/mol. The number of hydrogen-bond acceptors (Lipinski definition) is 4. The van der Waals surface area contributed by atoms with Gasteiger partial charge in [0.05, 0.1) is 18.2 Å². The fourth-order valence-electron chi connectivity index (χ4n) is 1.71. The summed E-state index contributed by atoms with van der Waals surface area (Å²) in [5, 5.41) is 12.4. The number of aromatic hydroxyl groups is 1. The van der Waals surface area contributed by atoms with Crippen molar-refractivity contribution in [3.05, 3.63) is 53.6 Å². The van der Waals surface area contributed by atoms with Crippen LogP contribution in [0.2, 0.25) is 0 Å². The molecule has 0 bridgehead atoms. The Kier molecular flexibility index (Phi) is 4.00. The summed E-state index contributed by atoms with van der Waals surface area (Å²) in [7, 11) is 1.55. The van der Waals surface area contributed by atoms with Gasteiger partial charge in [-0.05, 0) is 36.4 Å². The third kappa shape index (κ3) is 2.77. The van der Waals surface area contributed by atoms with Gasteiger partial charge in [0.1, 0.15) is 11.5 Å². The minimum Gasteiger partial charge on any atom is -0.506 e. The molecule has 0 spiro atoms. The lowest BCUT2D eigenvalue weighted by Gasteiger charge is -2.08. The van der Waals surface area contributed by atoms with Gasteiger partial charge in [0.2, 0.25) is 0 Å². The number of rotatable bonds is 4. The highest BCUT2D eigenvalue weighted by Crippen LogP contribution is 2.22. The van der Waals surface area contributed by atoms with Crippen molar-refractivity contribution in [3.63, 3.8) is 0 Å². The molecule has 5 nitrogen and oxygen atoms in total. The lowest BCUT2D eigenvalue weighted by Crippen LogP contribution is -2.12. The van der Waals surface area contributed by atoms with Crippen LogP contribution in [0.3, 0.4) is 0 Å². The zero-order chi connectivity index (χ0) is 14.5. The molecule has 0 unspecified atom stereocenters. The maximum atomic E-state index is 12.0. The van der Waals surface area contributed by atoms with Gasteiger partial charge in [-0.1, -0.05) is 6.07 Å². The molecule has 2 aromatic carbocycles. The Hall–Kier alpha value is -2.82. The van der Waals surface area contributed by atoms with Crippen molar-refractivity contribution in [3.8, 4) is 11.5 Å². The van der Waals surface area contributed by atoms with Gasteiger partial charge in [0.15, 0.2) is 6.29 Å². The summed E-state index contributed by atoms with van der Waals surface area (Å²) < 4.78 is 5.02. The summed E-state index contributed by atoms with van der Waals surface area (Å²) in [4.78, 5) is 22.8. The van der Waals surface area contributed by atoms with Gasteiger partial charge in [-0.3, -0.25) is 9.59 Å². The molecule has 5 heteroatoms. The maximum Gasteiger partial charge on any atom is 0.259 e. The van der Waals surface area contributed by atoms with E-state index in [-0.39, 0.29) is 16.9 Å². The predicted octanol–water partition coefficient (Wildman–Crippen LogP) is 2.47. The standard InChI is InChI=1S/C15H13NO4/c1-20-12-7-5-11(6-8-12)16-15(19)13-4-2-3-10(9-17)14(13)18/h2-9,18H,1H3,(H,16,19). The second kappa shape index (κ2) is 5.88. The van der Waals surface area contributed by atoms with E-state index in [1.165, 1.54) is 18.2 Å². The van der Waals surface area contributed by atoms with Crippen LogP contribution in [-0.4, -0.2) is 24.4 Å². The van der Waals surface area contributed by atoms with Crippen molar-refractivity contribution in [1.82, 2.24) is 0 Å². The van der Waals surface area contributed by atoms with Crippen LogP contribution < -0.4 is 10.1 Å². The predicted molar refractivity (Wildman–Crippen MR) is 74.4 cm³/mol. The number of carbonyl (C=O) groups excluding carboxylic acids is 2. The van der Waals surface area contributed by atoms with E-state index < -0.39 is 5.91 Å². The third-order valence-corrected chi connectivity index (χ3v) is 2.79. The number of aldehydes is 1. The lowest BCUT2D eigenvalue weighted by atomic mass is 10.1. The first kappa shape index (κ1) is 13.6. The number of amides is 1. The van der Waals surface area contributed by atoms with Gasteiger partial charge >= 0.3 is 0 Å². The fraction of sp³-hybridized carbons (Fsp3) is 0.0667. The van der Waals surface area contributed by atoms with E-state index in [1.54, 1.807) is 31.4 Å². The van der Waals surface area contributed by atoms with Crippen LogP contribution in [0.25, 0.3) is 0 Å². The van der Waals surface area contributed by atoms with E-state index in [4.69, 9.17) is 4.74 Å². The highest BCUT2D eigenvalue weighted by Gasteiger charge is 2.14. The summed E-state index contributed by atoms with van der Waals surface area (Å²) in [5.41, 5.74) is 0.685. The van der Waals surface area contributed by atoms with Gasteiger partial charge in [0, 0.05) is 5.69 Å². The van der Waals surface area contributed by atoms with E-state index in [1.807, 2.05) is 0 Å². The molecule has 0 aliphatic heterocycles. The van der Waals surface area contributed by atoms with Gasteiger partial charge in [0.25, 0.3) is 5.91 Å². The number of phenolic OH excluding ortho intramolecular Hbond substituents is 1. The Bertz CT molecular complexity index is 635. The number of carbonyl (C=O) groups is 2. The monoisotopic (exact) mass is 271 g/mol. The quantitative estimate of drug-likeness (QED) is 0.837. The maximum absolute atomic E-state index is 12.0. The molecular formula is C15H13NO4. The molecule has 0 fully saturated rings. The molecule has 0 atom stereocenters. The average Bonchev–Trinajstić information content (AvgIpc) is 2.48. The molecule has 2 rings (SSSR count). The summed E-state index contributed by atoms with van der Waals surface area (Å²) in [6, 6.07) is 11.2. The van der Waals surface area contributed by atoms with E-state index in [9.17, 15) is 14.7 Å². The second-order valence-electron chi connectivity index (χ2n) is 4.04. The number of methoxy groups -OCH3 is 1. The van der Waals surface area contributed by atoms with E-state index in [2.05, 4.69) is 5.32 Å².